The average molecular weight is 285 g/mol. The Bertz CT molecular complexity index is 753. The van der Waals surface area contributed by atoms with E-state index < -0.39 is 5.97 Å². The SMILES string of the molecule is O=C(O)c1c(OCc2ccsc2)cnc2ccccc12. The monoisotopic (exact) mass is 285 g/mol. The van der Waals surface area contributed by atoms with Gasteiger partial charge in [-0.1, -0.05) is 18.2 Å². The van der Waals surface area contributed by atoms with Crippen molar-refractivity contribution in [3.8, 4) is 5.75 Å². The van der Waals surface area contributed by atoms with Crippen LogP contribution in [-0.2, 0) is 6.61 Å². The number of nitrogens with zero attached hydrogens (tertiary/aromatic N) is 1. The zero-order valence-corrected chi connectivity index (χ0v) is 11.3. The maximum absolute atomic E-state index is 11.5. The van der Waals surface area contributed by atoms with Crippen molar-refractivity contribution >= 4 is 28.2 Å². The lowest BCUT2D eigenvalue weighted by molar-refractivity contribution is 0.0694. The van der Waals surface area contributed by atoms with Crippen molar-refractivity contribution in [3.05, 3.63) is 58.4 Å². The second kappa shape index (κ2) is 5.30. The molecule has 0 saturated heterocycles. The zero-order valence-electron chi connectivity index (χ0n) is 10.4. The normalized spacial score (nSPS) is 10.6. The molecule has 0 aliphatic heterocycles. The molecule has 0 radical (unpaired) electrons. The molecule has 0 aliphatic rings. The number of hydrogen-bond acceptors (Lipinski definition) is 4. The summed E-state index contributed by atoms with van der Waals surface area (Å²) in [4.78, 5) is 15.7. The van der Waals surface area contributed by atoms with Crippen LogP contribution in [0.1, 0.15) is 15.9 Å². The summed E-state index contributed by atoms with van der Waals surface area (Å²) >= 11 is 1.58. The summed E-state index contributed by atoms with van der Waals surface area (Å²) in [5.41, 5.74) is 1.82. The fraction of sp³-hybridized carbons (Fsp3) is 0.0667. The molecule has 0 saturated carbocycles. The minimum Gasteiger partial charge on any atom is -0.486 e. The summed E-state index contributed by atoms with van der Waals surface area (Å²) in [7, 11) is 0. The summed E-state index contributed by atoms with van der Waals surface area (Å²) in [6.07, 6.45) is 1.47. The molecule has 2 heterocycles. The molecule has 20 heavy (non-hydrogen) atoms. The predicted octanol–water partition coefficient (Wildman–Crippen LogP) is 3.57. The van der Waals surface area contributed by atoms with Gasteiger partial charge in [-0.2, -0.15) is 11.3 Å². The topological polar surface area (TPSA) is 59.4 Å². The standard InChI is InChI=1S/C15H11NO3S/c17-15(18)14-11-3-1-2-4-12(11)16-7-13(14)19-8-10-5-6-20-9-10/h1-7,9H,8H2,(H,17,18). The van der Waals surface area contributed by atoms with Gasteiger partial charge in [-0.3, -0.25) is 4.98 Å². The number of hydrogen-bond donors (Lipinski definition) is 1. The van der Waals surface area contributed by atoms with Crippen molar-refractivity contribution in [1.29, 1.82) is 0 Å². The molecular weight excluding hydrogens is 274 g/mol. The number of thiophene rings is 1. The number of ether oxygens (including phenoxy) is 1. The molecule has 0 fully saturated rings. The van der Waals surface area contributed by atoms with Crippen LogP contribution in [0.2, 0.25) is 0 Å². The van der Waals surface area contributed by atoms with Crippen LogP contribution in [0.4, 0.5) is 0 Å². The Morgan fingerprint density at radius 3 is 2.90 bits per heavy atom. The molecule has 0 amide bonds. The molecule has 0 spiro atoms. The molecule has 0 unspecified atom stereocenters. The maximum Gasteiger partial charge on any atom is 0.340 e. The number of pyridine rings is 1. The second-order valence-electron chi connectivity index (χ2n) is 4.24. The minimum absolute atomic E-state index is 0.158. The van der Waals surface area contributed by atoms with Gasteiger partial charge >= 0.3 is 5.97 Å². The number of aromatic carboxylic acids is 1. The van der Waals surface area contributed by atoms with E-state index in [1.807, 2.05) is 22.9 Å². The number of fused-ring (bicyclic) bond motifs is 1. The number of carboxylic acid groups (broad SMARTS) is 1. The molecule has 0 atom stereocenters. The molecule has 3 aromatic rings. The van der Waals surface area contributed by atoms with Crippen molar-refractivity contribution in [1.82, 2.24) is 4.98 Å². The van der Waals surface area contributed by atoms with Gasteiger partial charge in [-0.25, -0.2) is 4.79 Å². The van der Waals surface area contributed by atoms with Crippen molar-refractivity contribution < 1.29 is 14.6 Å². The van der Waals surface area contributed by atoms with Gasteiger partial charge < -0.3 is 9.84 Å². The first-order valence-electron chi connectivity index (χ1n) is 6.00. The van der Waals surface area contributed by atoms with Gasteiger partial charge in [0.15, 0.2) is 5.75 Å². The van der Waals surface area contributed by atoms with Gasteiger partial charge in [-0.15, -0.1) is 0 Å². The number of carboxylic acids is 1. The van der Waals surface area contributed by atoms with E-state index >= 15 is 0 Å². The molecule has 4 nitrogen and oxygen atoms in total. The lowest BCUT2D eigenvalue weighted by atomic mass is 10.1. The molecular formula is C15H11NO3S. The third-order valence-corrected chi connectivity index (χ3v) is 3.66. The van der Waals surface area contributed by atoms with Crippen molar-refractivity contribution in [3.63, 3.8) is 0 Å². The van der Waals surface area contributed by atoms with Gasteiger partial charge in [0.25, 0.3) is 0 Å². The Hall–Kier alpha value is -2.40. The van der Waals surface area contributed by atoms with Crippen LogP contribution < -0.4 is 4.74 Å². The largest absolute Gasteiger partial charge is 0.486 e. The summed E-state index contributed by atoms with van der Waals surface area (Å²) in [6, 6.07) is 9.08. The van der Waals surface area contributed by atoms with Crippen LogP contribution >= 0.6 is 11.3 Å². The Kier molecular flexibility index (Phi) is 3.35. The van der Waals surface area contributed by atoms with Crippen LogP contribution in [0.25, 0.3) is 10.9 Å². The number of para-hydroxylation sites is 1. The molecule has 0 bridgehead atoms. The van der Waals surface area contributed by atoms with Crippen LogP contribution in [0.15, 0.2) is 47.3 Å². The zero-order chi connectivity index (χ0) is 13.9. The highest BCUT2D eigenvalue weighted by Crippen LogP contribution is 2.27. The minimum atomic E-state index is -1.01. The van der Waals surface area contributed by atoms with E-state index in [2.05, 4.69) is 4.98 Å². The molecule has 2 aromatic heterocycles. The fourth-order valence-corrected chi connectivity index (χ4v) is 2.64. The third-order valence-electron chi connectivity index (χ3n) is 2.93. The molecule has 1 aromatic carbocycles. The van der Waals surface area contributed by atoms with Crippen LogP contribution in [0.5, 0.6) is 5.75 Å². The van der Waals surface area contributed by atoms with Gasteiger partial charge in [0.1, 0.15) is 12.2 Å². The second-order valence-corrected chi connectivity index (χ2v) is 5.02. The maximum atomic E-state index is 11.5. The van der Waals surface area contributed by atoms with Crippen LogP contribution in [0.3, 0.4) is 0 Å². The highest BCUT2D eigenvalue weighted by molar-refractivity contribution is 7.07. The molecule has 1 N–H and O–H groups in total. The third kappa shape index (κ3) is 2.35. The molecule has 3 rings (SSSR count). The Balaban J connectivity index is 2.01. The van der Waals surface area contributed by atoms with E-state index in [4.69, 9.17) is 4.74 Å². The van der Waals surface area contributed by atoms with Crippen molar-refractivity contribution in [2.45, 2.75) is 6.61 Å². The fourth-order valence-electron chi connectivity index (χ4n) is 1.99. The number of benzene rings is 1. The summed E-state index contributed by atoms with van der Waals surface area (Å²) < 4.78 is 5.61. The van der Waals surface area contributed by atoms with Crippen molar-refractivity contribution in [2.75, 3.05) is 0 Å². The van der Waals surface area contributed by atoms with E-state index in [0.717, 1.165) is 5.56 Å². The first kappa shape index (κ1) is 12.6. The predicted molar refractivity (Wildman–Crippen MR) is 77.4 cm³/mol. The number of aromatic nitrogens is 1. The highest BCUT2D eigenvalue weighted by atomic mass is 32.1. The van der Waals surface area contributed by atoms with E-state index in [1.165, 1.54) is 6.20 Å². The van der Waals surface area contributed by atoms with Gasteiger partial charge in [-0.05, 0) is 28.5 Å². The Morgan fingerprint density at radius 1 is 1.30 bits per heavy atom. The van der Waals surface area contributed by atoms with E-state index in [0.29, 0.717) is 23.3 Å². The quantitative estimate of drug-likeness (QED) is 0.796. The Morgan fingerprint density at radius 2 is 2.15 bits per heavy atom. The van der Waals surface area contributed by atoms with Gasteiger partial charge in [0, 0.05) is 5.39 Å². The lowest BCUT2D eigenvalue weighted by Crippen LogP contribution is -2.05. The summed E-state index contributed by atoms with van der Waals surface area (Å²) in [5.74, 6) is -0.716. The first-order valence-corrected chi connectivity index (χ1v) is 6.95. The summed E-state index contributed by atoms with van der Waals surface area (Å²) in [5, 5.41) is 13.9. The molecule has 100 valence electrons. The van der Waals surface area contributed by atoms with Crippen LogP contribution in [0, 0.1) is 0 Å². The average Bonchev–Trinajstić information content (AvgIpc) is 2.97. The van der Waals surface area contributed by atoms with Gasteiger partial charge in [0.05, 0.1) is 11.7 Å². The molecule has 5 heteroatoms. The number of carbonyl (C=O) groups is 1. The van der Waals surface area contributed by atoms with E-state index in [1.54, 1.807) is 29.5 Å². The Labute approximate surface area is 119 Å². The van der Waals surface area contributed by atoms with Crippen molar-refractivity contribution in [2.24, 2.45) is 0 Å². The smallest absolute Gasteiger partial charge is 0.340 e. The van der Waals surface area contributed by atoms with Gasteiger partial charge in [0.2, 0.25) is 0 Å². The lowest BCUT2D eigenvalue weighted by Gasteiger charge is -2.10. The van der Waals surface area contributed by atoms with Crippen LogP contribution in [-0.4, -0.2) is 16.1 Å². The highest BCUT2D eigenvalue weighted by Gasteiger charge is 2.16. The first-order chi connectivity index (χ1) is 9.75. The summed E-state index contributed by atoms with van der Waals surface area (Å²) in [6.45, 7) is 0.337. The number of rotatable bonds is 4. The molecule has 0 aliphatic carbocycles. The van der Waals surface area contributed by atoms with E-state index in [9.17, 15) is 9.90 Å². The van der Waals surface area contributed by atoms with E-state index in [-0.39, 0.29) is 5.56 Å².